The van der Waals surface area contributed by atoms with E-state index in [0.29, 0.717) is 5.69 Å². The van der Waals surface area contributed by atoms with Crippen molar-refractivity contribution in [3.63, 3.8) is 0 Å². The van der Waals surface area contributed by atoms with Crippen LogP contribution in [-0.2, 0) is 9.84 Å². The molecular formula is C11H13N3O3S2. The van der Waals surface area contributed by atoms with Crippen molar-refractivity contribution in [1.82, 2.24) is 9.69 Å². The van der Waals surface area contributed by atoms with Gasteiger partial charge in [0.2, 0.25) is 0 Å². The molecule has 0 aliphatic carbocycles. The van der Waals surface area contributed by atoms with Crippen LogP contribution in [0.25, 0.3) is 10.9 Å². The predicted octanol–water partition coefficient (Wildman–Crippen LogP) is 1.46. The molecule has 0 bridgehead atoms. The Morgan fingerprint density at radius 2 is 2.21 bits per heavy atom. The number of anilines is 1. The van der Waals surface area contributed by atoms with Crippen LogP contribution in [0, 0.1) is 0 Å². The average Bonchev–Trinajstić information content (AvgIpc) is 2.74. The molecular weight excluding hydrogens is 286 g/mol. The highest BCUT2D eigenvalue weighted by Gasteiger charge is 2.06. The van der Waals surface area contributed by atoms with Gasteiger partial charge in [0.1, 0.15) is 9.84 Å². The molecule has 0 fully saturated rings. The van der Waals surface area contributed by atoms with Crippen molar-refractivity contribution in [3.05, 3.63) is 23.6 Å². The highest BCUT2D eigenvalue weighted by atomic mass is 32.2. The number of nitrogens with zero attached hydrogens (tertiary/aromatic N) is 1. The molecule has 0 aliphatic rings. The number of aromatic nitrogens is 1. The zero-order valence-corrected chi connectivity index (χ0v) is 11.8. The number of rotatable bonds is 4. The highest BCUT2D eigenvalue weighted by Crippen LogP contribution is 2.19. The van der Waals surface area contributed by atoms with Crippen molar-refractivity contribution in [2.24, 2.45) is 0 Å². The van der Waals surface area contributed by atoms with E-state index in [9.17, 15) is 13.2 Å². The Labute approximate surface area is 114 Å². The van der Waals surface area contributed by atoms with Crippen molar-refractivity contribution >= 4 is 44.0 Å². The summed E-state index contributed by atoms with van der Waals surface area (Å²) < 4.78 is 26.0. The third-order valence-electron chi connectivity index (χ3n) is 2.37. The number of hydrogen-bond acceptors (Lipinski definition) is 5. The number of amides is 2. The summed E-state index contributed by atoms with van der Waals surface area (Å²) in [4.78, 5) is 11.5. The number of carbonyl (C=O) groups excluding carboxylic acids is 1. The highest BCUT2D eigenvalue weighted by molar-refractivity contribution is 7.90. The second-order valence-corrected chi connectivity index (χ2v) is 6.99. The summed E-state index contributed by atoms with van der Waals surface area (Å²) in [5, 5.41) is 7.98. The van der Waals surface area contributed by atoms with Gasteiger partial charge in [0, 0.05) is 29.3 Å². The summed E-state index contributed by atoms with van der Waals surface area (Å²) in [6.45, 7) is 0.0902. The van der Waals surface area contributed by atoms with Gasteiger partial charge in [-0.05, 0) is 29.7 Å². The van der Waals surface area contributed by atoms with E-state index >= 15 is 0 Å². The fourth-order valence-corrected chi connectivity index (χ4v) is 2.58. The lowest BCUT2D eigenvalue weighted by Gasteiger charge is -2.07. The Bertz CT molecular complexity index is 694. The smallest absolute Gasteiger partial charge is 0.319 e. The normalized spacial score (nSPS) is 11.4. The van der Waals surface area contributed by atoms with Gasteiger partial charge in [-0.25, -0.2) is 13.2 Å². The first-order chi connectivity index (χ1) is 8.94. The standard InChI is InChI=1S/C11H13N3O3S2/c1-19(16,17)5-4-12-11(15)13-9-2-3-10-8(6-9)7-18-14-10/h2-3,6-7H,4-5H2,1H3,(H2,12,13,15). The van der Waals surface area contributed by atoms with Crippen LogP contribution in [0.5, 0.6) is 0 Å². The lowest BCUT2D eigenvalue weighted by atomic mass is 10.2. The third kappa shape index (κ3) is 4.18. The van der Waals surface area contributed by atoms with E-state index in [1.165, 1.54) is 11.5 Å². The van der Waals surface area contributed by atoms with Crippen LogP contribution in [-0.4, -0.2) is 37.4 Å². The van der Waals surface area contributed by atoms with E-state index in [4.69, 9.17) is 0 Å². The molecule has 0 unspecified atom stereocenters. The molecule has 2 rings (SSSR count). The van der Waals surface area contributed by atoms with E-state index in [1.807, 2.05) is 17.5 Å². The summed E-state index contributed by atoms with van der Waals surface area (Å²) in [7, 11) is -3.06. The zero-order chi connectivity index (χ0) is 13.9. The van der Waals surface area contributed by atoms with Crippen molar-refractivity contribution in [1.29, 1.82) is 0 Å². The van der Waals surface area contributed by atoms with Gasteiger partial charge in [-0.15, -0.1) is 0 Å². The van der Waals surface area contributed by atoms with Gasteiger partial charge in [-0.2, -0.15) is 4.37 Å². The summed E-state index contributed by atoms with van der Waals surface area (Å²) in [5.41, 5.74) is 1.53. The minimum atomic E-state index is -3.06. The molecule has 1 aromatic carbocycles. The molecule has 2 aromatic rings. The zero-order valence-electron chi connectivity index (χ0n) is 10.2. The maximum Gasteiger partial charge on any atom is 0.319 e. The van der Waals surface area contributed by atoms with Gasteiger partial charge in [-0.1, -0.05) is 0 Å². The average molecular weight is 299 g/mol. The number of hydrogen-bond donors (Lipinski definition) is 2. The molecule has 2 N–H and O–H groups in total. The second kappa shape index (κ2) is 5.54. The first kappa shape index (κ1) is 13.8. The molecule has 0 saturated heterocycles. The summed E-state index contributed by atoms with van der Waals surface area (Å²) in [6, 6.07) is 4.96. The monoisotopic (exact) mass is 299 g/mol. The summed E-state index contributed by atoms with van der Waals surface area (Å²) >= 11 is 1.35. The van der Waals surface area contributed by atoms with Gasteiger partial charge in [0.15, 0.2) is 0 Å². The summed E-state index contributed by atoms with van der Waals surface area (Å²) in [5.74, 6) is -0.0755. The molecule has 0 radical (unpaired) electrons. The quantitative estimate of drug-likeness (QED) is 0.894. The number of sulfone groups is 1. The number of urea groups is 1. The first-order valence-corrected chi connectivity index (χ1v) is 8.40. The van der Waals surface area contributed by atoms with E-state index in [1.54, 1.807) is 6.07 Å². The van der Waals surface area contributed by atoms with Gasteiger partial charge in [-0.3, -0.25) is 0 Å². The molecule has 102 valence electrons. The number of nitrogens with one attached hydrogen (secondary N) is 2. The van der Waals surface area contributed by atoms with Crippen LogP contribution in [0.3, 0.4) is 0 Å². The molecule has 0 atom stereocenters. The Morgan fingerprint density at radius 1 is 1.42 bits per heavy atom. The maximum atomic E-state index is 11.5. The Balaban J connectivity index is 1.91. The van der Waals surface area contributed by atoms with Crippen LogP contribution in [0.1, 0.15) is 0 Å². The predicted molar refractivity (Wildman–Crippen MR) is 76.4 cm³/mol. The van der Waals surface area contributed by atoms with Crippen LogP contribution in [0.2, 0.25) is 0 Å². The minimum Gasteiger partial charge on any atom is -0.337 e. The second-order valence-electron chi connectivity index (χ2n) is 4.10. The van der Waals surface area contributed by atoms with Gasteiger partial charge < -0.3 is 10.6 Å². The van der Waals surface area contributed by atoms with Crippen molar-refractivity contribution < 1.29 is 13.2 Å². The lowest BCUT2D eigenvalue weighted by molar-refractivity contribution is 0.252. The lowest BCUT2D eigenvalue weighted by Crippen LogP contribution is -2.32. The van der Waals surface area contributed by atoms with Crippen LogP contribution >= 0.6 is 11.5 Å². The van der Waals surface area contributed by atoms with Crippen LogP contribution in [0.4, 0.5) is 10.5 Å². The number of carbonyl (C=O) groups is 1. The molecule has 0 saturated carbocycles. The molecule has 1 aromatic heterocycles. The summed E-state index contributed by atoms with van der Waals surface area (Å²) in [6.07, 6.45) is 1.13. The largest absolute Gasteiger partial charge is 0.337 e. The van der Waals surface area contributed by atoms with Gasteiger partial charge in [0.05, 0.1) is 11.3 Å². The van der Waals surface area contributed by atoms with E-state index in [2.05, 4.69) is 15.0 Å². The van der Waals surface area contributed by atoms with E-state index < -0.39 is 15.9 Å². The molecule has 0 spiro atoms. The topological polar surface area (TPSA) is 88.2 Å². The Hall–Kier alpha value is -1.67. The van der Waals surface area contributed by atoms with Crippen LogP contribution in [0.15, 0.2) is 23.6 Å². The van der Waals surface area contributed by atoms with Crippen molar-refractivity contribution in [2.45, 2.75) is 0 Å². The van der Waals surface area contributed by atoms with E-state index in [0.717, 1.165) is 17.2 Å². The third-order valence-corrected chi connectivity index (χ3v) is 3.98. The van der Waals surface area contributed by atoms with Gasteiger partial charge in [0.25, 0.3) is 0 Å². The number of benzene rings is 1. The molecule has 1 heterocycles. The van der Waals surface area contributed by atoms with Crippen molar-refractivity contribution in [2.75, 3.05) is 23.9 Å². The molecule has 6 nitrogen and oxygen atoms in total. The maximum absolute atomic E-state index is 11.5. The fourth-order valence-electron chi connectivity index (χ4n) is 1.47. The number of fused-ring (bicyclic) bond motifs is 1. The van der Waals surface area contributed by atoms with E-state index in [-0.39, 0.29) is 12.3 Å². The minimum absolute atomic E-state index is 0.0755. The SMILES string of the molecule is CS(=O)(=O)CCNC(=O)Nc1ccc2nscc2c1. The Morgan fingerprint density at radius 3 is 2.95 bits per heavy atom. The molecule has 8 heteroatoms. The van der Waals surface area contributed by atoms with Crippen LogP contribution < -0.4 is 10.6 Å². The van der Waals surface area contributed by atoms with Gasteiger partial charge >= 0.3 is 6.03 Å². The molecule has 0 aliphatic heterocycles. The van der Waals surface area contributed by atoms with Crippen molar-refractivity contribution in [3.8, 4) is 0 Å². The molecule has 19 heavy (non-hydrogen) atoms. The fraction of sp³-hybridized carbons (Fsp3) is 0.273. The first-order valence-electron chi connectivity index (χ1n) is 5.51. The molecule has 2 amide bonds. The Kier molecular flexibility index (Phi) is 4.01.